The van der Waals surface area contributed by atoms with E-state index in [1.807, 2.05) is 36.4 Å². The number of ketones is 1. The molecule has 2 nitrogen and oxygen atoms in total. The number of rotatable bonds is 8. The third-order valence-electron chi connectivity index (χ3n) is 3.41. The van der Waals surface area contributed by atoms with Gasteiger partial charge in [0.2, 0.25) is 0 Å². The molecule has 2 aromatic carbocycles. The molecule has 0 amide bonds. The molecule has 0 saturated carbocycles. The molecule has 0 aliphatic carbocycles. The minimum atomic E-state index is -0.175. The van der Waals surface area contributed by atoms with Gasteiger partial charge in [-0.2, -0.15) is 0 Å². The SMILES string of the molecule is C=CCC(=O)[C@H](Cc1ccccc1)NCc1ccccc1. The van der Waals surface area contributed by atoms with Crippen molar-refractivity contribution in [3.63, 3.8) is 0 Å². The van der Waals surface area contributed by atoms with Gasteiger partial charge in [0, 0.05) is 13.0 Å². The molecule has 0 fully saturated rings. The smallest absolute Gasteiger partial charge is 0.153 e. The van der Waals surface area contributed by atoms with Crippen molar-refractivity contribution >= 4 is 5.78 Å². The average molecular weight is 279 g/mol. The molecule has 0 radical (unpaired) electrons. The van der Waals surface area contributed by atoms with E-state index in [1.54, 1.807) is 6.08 Å². The lowest BCUT2D eigenvalue weighted by Gasteiger charge is -2.17. The van der Waals surface area contributed by atoms with Gasteiger partial charge in [0.05, 0.1) is 6.04 Å². The van der Waals surface area contributed by atoms with E-state index in [9.17, 15) is 4.79 Å². The minimum absolute atomic E-state index is 0.175. The molecule has 0 saturated heterocycles. The van der Waals surface area contributed by atoms with E-state index in [0.717, 1.165) is 0 Å². The zero-order chi connectivity index (χ0) is 14.9. The normalized spacial score (nSPS) is 11.8. The molecule has 0 aromatic heterocycles. The highest BCUT2D eigenvalue weighted by Crippen LogP contribution is 2.07. The van der Waals surface area contributed by atoms with Gasteiger partial charge in [-0.1, -0.05) is 66.7 Å². The van der Waals surface area contributed by atoms with Crippen molar-refractivity contribution in [2.24, 2.45) is 0 Å². The Kier molecular flexibility index (Phi) is 5.92. The molecule has 21 heavy (non-hydrogen) atoms. The van der Waals surface area contributed by atoms with Gasteiger partial charge in [0.15, 0.2) is 5.78 Å². The van der Waals surface area contributed by atoms with Gasteiger partial charge in [0.25, 0.3) is 0 Å². The second-order valence-electron chi connectivity index (χ2n) is 5.07. The molecule has 1 atom stereocenters. The van der Waals surface area contributed by atoms with Crippen molar-refractivity contribution in [2.75, 3.05) is 0 Å². The largest absolute Gasteiger partial charge is 0.303 e. The Hall–Kier alpha value is -2.19. The van der Waals surface area contributed by atoms with Crippen LogP contribution in [0.5, 0.6) is 0 Å². The van der Waals surface area contributed by atoms with Gasteiger partial charge in [-0.15, -0.1) is 6.58 Å². The Morgan fingerprint density at radius 1 is 1.00 bits per heavy atom. The Bertz CT molecular complexity index is 563. The summed E-state index contributed by atoms with van der Waals surface area (Å²) >= 11 is 0. The number of hydrogen-bond donors (Lipinski definition) is 1. The highest BCUT2D eigenvalue weighted by Gasteiger charge is 2.16. The Balaban J connectivity index is 2.01. The molecule has 0 bridgehead atoms. The summed E-state index contributed by atoms with van der Waals surface area (Å²) in [6.45, 7) is 4.36. The lowest BCUT2D eigenvalue weighted by atomic mass is 10.00. The third kappa shape index (κ3) is 5.01. The lowest BCUT2D eigenvalue weighted by molar-refractivity contribution is -0.120. The summed E-state index contributed by atoms with van der Waals surface area (Å²) in [5.41, 5.74) is 2.35. The molecule has 0 aliphatic heterocycles. The van der Waals surface area contributed by atoms with E-state index < -0.39 is 0 Å². The molecule has 0 spiro atoms. The van der Waals surface area contributed by atoms with Crippen LogP contribution in [0.15, 0.2) is 73.3 Å². The van der Waals surface area contributed by atoms with Crippen LogP contribution in [0.25, 0.3) is 0 Å². The predicted molar refractivity (Wildman–Crippen MR) is 87.0 cm³/mol. The fourth-order valence-electron chi connectivity index (χ4n) is 2.27. The van der Waals surface area contributed by atoms with Crippen molar-refractivity contribution < 1.29 is 4.79 Å². The van der Waals surface area contributed by atoms with Gasteiger partial charge in [0.1, 0.15) is 0 Å². The van der Waals surface area contributed by atoms with Crippen LogP contribution in [0, 0.1) is 0 Å². The average Bonchev–Trinajstić information content (AvgIpc) is 2.53. The summed E-state index contributed by atoms with van der Waals surface area (Å²) in [6.07, 6.45) is 2.78. The second kappa shape index (κ2) is 8.18. The first kappa shape index (κ1) is 15.2. The number of allylic oxidation sites excluding steroid dienone is 1. The van der Waals surface area contributed by atoms with Crippen molar-refractivity contribution in [3.05, 3.63) is 84.4 Å². The number of carbonyl (C=O) groups excluding carboxylic acids is 1. The van der Waals surface area contributed by atoms with Gasteiger partial charge in [-0.05, 0) is 17.5 Å². The maximum atomic E-state index is 12.2. The Morgan fingerprint density at radius 3 is 2.14 bits per heavy atom. The van der Waals surface area contributed by atoms with Gasteiger partial charge >= 0.3 is 0 Å². The van der Waals surface area contributed by atoms with Gasteiger partial charge in [-0.3, -0.25) is 4.79 Å². The van der Waals surface area contributed by atoms with Crippen molar-refractivity contribution in [1.82, 2.24) is 5.32 Å². The summed E-state index contributed by atoms with van der Waals surface area (Å²) < 4.78 is 0. The number of nitrogens with one attached hydrogen (secondary N) is 1. The molecular weight excluding hydrogens is 258 g/mol. The summed E-state index contributed by atoms with van der Waals surface area (Å²) in [6, 6.07) is 20.1. The molecule has 0 aliphatic rings. The number of Topliss-reactive ketones (excluding diaryl/α,β-unsaturated/α-hetero) is 1. The van der Waals surface area contributed by atoms with Crippen LogP contribution in [0.1, 0.15) is 17.5 Å². The second-order valence-corrected chi connectivity index (χ2v) is 5.07. The van der Waals surface area contributed by atoms with E-state index >= 15 is 0 Å². The first-order valence-electron chi connectivity index (χ1n) is 7.24. The Morgan fingerprint density at radius 2 is 1.57 bits per heavy atom. The highest BCUT2D eigenvalue weighted by molar-refractivity contribution is 5.85. The molecular formula is C19H21NO. The van der Waals surface area contributed by atoms with E-state index in [2.05, 4.69) is 36.2 Å². The summed E-state index contributed by atoms with van der Waals surface area (Å²) in [7, 11) is 0. The van der Waals surface area contributed by atoms with Crippen LogP contribution in [-0.2, 0) is 17.8 Å². The summed E-state index contributed by atoms with van der Waals surface area (Å²) in [5, 5.41) is 3.37. The summed E-state index contributed by atoms with van der Waals surface area (Å²) in [5.74, 6) is 0.185. The van der Waals surface area contributed by atoms with Crippen LogP contribution < -0.4 is 5.32 Å². The van der Waals surface area contributed by atoms with Crippen molar-refractivity contribution in [2.45, 2.75) is 25.4 Å². The van der Waals surface area contributed by atoms with E-state index in [0.29, 0.717) is 19.4 Å². The summed E-state index contributed by atoms with van der Waals surface area (Å²) in [4.78, 5) is 12.2. The molecule has 108 valence electrons. The maximum Gasteiger partial charge on any atom is 0.153 e. The Labute approximate surface area is 126 Å². The molecule has 2 rings (SSSR count). The van der Waals surface area contributed by atoms with E-state index in [-0.39, 0.29) is 11.8 Å². The standard InChI is InChI=1S/C19H21NO/c1-2-9-19(21)18(14-16-10-5-3-6-11-16)20-15-17-12-7-4-8-13-17/h2-8,10-13,18,20H,1,9,14-15H2/t18-/m0/s1. The van der Waals surface area contributed by atoms with Crippen molar-refractivity contribution in [1.29, 1.82) is 0 Å². The molecule has 2 aromatic rings. The molecule has 0 heterocycles. The number of carbonyl (C=O) groups is 1. The predicted octanol–water partition coefficient (Wildman–Crippen LogP) is 3.53. The first-order valence-corrected chi connectivity index (χ1v) is 7.24. The fourth-order valence-corrected chi connectivity index (χ4v) is 2.27. The first-order chi connectivity index (χ1) is 10.3. The van der Waals surface area contributed by atoms with Crippen LogP contribution in [0.4, 0.5) is 0 Å². The van der Waals surface area contributed by atoms with Gasteiger partial charge < -0.3 is 5.32 Å². The lowest BCUT2D eigenvalue weighted by Crippen LogP contribution is -2.38. The zero-order valence-corrected chi connectivity index (χ0v) is 12.2. The molecule has 2 heteroatoms. The quantitative estimate of drug-likeness (QED) is 0.749. The molecule has 1 N–H and O–H groups in total. The van der Waals surface area contributed by atoms with Crippen LogP contribution in [0.3, 0.4) is 0 Å². The fraction of sp³-hybridized carbons (Fsp3) is 0.211. The van der Waals surface area contributed by atoms with Crippen molar-refractivity contribution in [3.8, 4) is 0 Å². The third-order valence-corrected chi connectivity index (χ3v) is 3.41. The number of hydrogen-bond acceptors (Lipinski definition) is 2. The highest BCUT2D eigenvalue weighted by atomic mass is 16.1. The monoisotopic (exact) mass is 279 g/mol. The van der Waals surface area contributed by atoms with Crippen LogP contribution in [0.2, 0.25) is 0 Å². The van der Waals surface area contributed by atoms with E-state index in [4.69, 9.17) is 0 Å². The minimum Gasteiger partial charge on any atom is -0.303 e. The molecule has 0 unspecified atom stereocenters. The van der Waals surface area contributed by atoms with Crippen LogP contribution in [-0.4, -0.2) is 11.8 Å². The van der Waals surface area contributed by atoms with Gasteiger partial charge in [-0.25, -0.2) is 0 Å². The van der Waals surface area contributed by atoms with E-state index in [1.165, 1.54) is 11.1 Å². The topological polar surface area (TPSA) is 29.1 Å². The maximum absolute atomic E-state index is 12.2. The zero-order valence-electron chi connectivity index (χ0n) is 12.2. The van der Waals surface area contributed by atoms with Crippen LogP contribution >= 0.6 is 0 Å². The number of benzene rings is 2.